The van der Waals surface area contributed by atoms with Gasteiger partial charge >= 0.3 is 0 Å². The van der Waals surface area contributed by atoms with E-state index in [0.29, 0.717) is 6.54 Å². The summed E-state index contributed by atoms with van der Waals surface area (Å²) in [4.78, 5) is 12.3. The quantitative estimate of drug-likeness (QED) is 0.800. The average molecular weight is 270 g/mol. The second-order valence-electron chi connectivity index (χ2n) is 5.05. The van der Waals surface area contributed by atoms with Gasteiger partial charge < -0.3 is 10.6 Å². The van der Waals surface area contributed by atoms with Crippen molar-refractivity contribution in [2.45, 2.75) is 19.8 Å². The van der Waals surface area contributed by atoms with Gasteiger partial charge in [0.25, 0.3) is 0 Å². The van der Waals surface area contributed by atoms with Crippen LogP contribution in [0.5, 0.6) is 0 Å². The lowest BCUT2D eigenvalue weighted by Gasteiger charge is -2.25. The number of aromatic amines is 1. The molecular weight excluding hydrogens is 252 g/mol. The van der Waals surface area contributed by atoms with Gasteiger partial charge in [0.2, 0.25) is 5.91 Å². The first-order chi connectivity index (χ1) is 9.78. The van der Waals surface area contributed by atoms with E-state index in [2.05, 4.69) is 26.9 Å². The molecule has 20 heavy (non-hydrogen) atoms. The van der Waals surface area contributed by atoms with Crippen molar-refractivity contribution in [3.8, 4) is 0 Å². The van der Waals surface area contributed by atoms with E-state index < -0.39 is 0 Å². The smallest absolute Gasteiger partial charge is 0.230 e. The van der Waals surface area contributed by atoms with Crippen molar-refractivity contribution in [3.63, 3.8) is 0 Å². The molecule has 1 atom stereocenters. The largest absolute Gasteiger partial charge is 0.384 e. The standard InChI is InChI=1S/C15H18N4O/c1-2-10-9-17-19-14(10)18-15(20)12-7-11-5-3-4-6-13(11)16-8-12/h3-6,9,12,16H,2,7-8H2,1H3,(H2,17,18,19,20). The van der Waals surface area contributed by atoms with Crippen molar-refractivity contribution in [3.05, 3.63) is 41.6 Å². The van der Waals surface area contributed by atoms with Gasteiger partial charge in [0.15, 0.2) is 0 Å². The Morgan fingerprint density at radius 2 is 2.30 bits per heavy atom. The molecule has 1 amide bonds. The van der Waals surface area contributed by atoms with E-state index in [4.69, 9.17) is 0 Å². The molecule has 0 saturated carbocycles. The molecule has 3 N–H and O–H groups in total. The zero-order valence-electron chi connectivity index (χ0n) is 11.4. The molecule has 5 nitrogen and oxygen atoms in total. The molecule has 1 aliphatic rings. The Morgan fingerprint density at radius 1 is 1.45 bits per heavy atom. The van der Waals surface area contributed by atoms with Crippen molar-refractivity contribution in [1.82, 2.24) is 10.2 Å². The molecule has 0 saturated heterocycles. The Bertz CT molecular complexity index is 620. The van der Waals surface area contributed by atoms with E-state index in [9.17, 15) is 4.79 Å². The zero-order chi connectivity index (χ0) is 13.9. The van der Waals surface area contributed by atoms with Gasteiger partial charge in [-0.3, -0.25) is 9.89 Å². The number of carbonyl (C=O) groups excluding carboxylic acids is 1. The Kier molecular flexibility index (Phi) is 3.41. The van der Waals surface area contributed by atoms with Gasteiger partial charge in [-0.2, -0.15) is 5.10 Å². The maximum absolute atomic E-state index is 12.3. The number of nitrogens with one attached hydrogen (secondary N) is 3. The summed E-state index contributed by atoms with van der Waals surface area (Å²) in [5, 5.41) is 13.1. The van der Waals surface area contributed by atoms with Gasteiger partial charge in [-0.25, -0.2) is 0 Å². The van der Waals surface area contributed by atoms with Crippen LogP contribution in [0.3, 0.4) is 0 Å². The van der Waals surface area contributed by atoms with Gasteiger partial charge in [-0.05, 0) is 24.5 Å². The molecule has 0 radical (unpaired) electrons. The average Bonchev–Trinajstić information content (AvgIpc) is 2.94. The lowest BCUT2D eigenvalue weighted by molar-refractivity contribution is -0.119. The number of carbonyl (C=O) groups is 1. The third-order valence-corrected chi connectivity index (χ3v) is 3.74. The van der Waals surface area contributed by atoms with Crippen LogP contribution in [0.15, 0.2) is 30.5 Å². The van der Waals surface area contributed by atoms with Crippen molar-refractivity contribution in [2.75, 3.05) is 17.2 Å². The molecule has 3 rings (SSSR count). The van der Waals surface area contributed by atoms with E-state index in [0.717, 1.165) is 29.9 Å². The molecule has 1 aliphatic heterocycles. The van der Waals surface area contributed by atoms with E-state index >= 15 is 0 Å². The number of amides is 1. The number of nitrogens with zero attached hydrogens (tertiary/aromatic N) is 1. The number of hydrogen-bond donors (Lipinski definition) is 3. The summed E-state index contributed by atoms with van der Waals surface area (Å²) in [7, 11) is 0. The first-order valence-corrected chi connectivity index (χ1v) is 6.92. The Morgan fingerprint density at radius 3 is 3.15 bits per heavy atom. The fourth-order valence-corrected chi connectivity index (χ4v) is 2.54. The van der Waals surface area contributed by atoms with Crippen LogP contribution in [0.25, 0.3) is 0 Å². The highest BCUT2D eigenvalue weighted by atomic mass is 16.2. The summed E-state index contributed by atoms with van der Waals surface area (Å²) in [6, 6.07) is 8.12. The number of para-hydroxylation sites is 1. The molecule has 1 aromatic carbocycles. The fourth-order valence-electron chi connectivity index (χ4n) is 2.54. The number of aromatic nitrogens is 2. The SMILES string of the molecule is CCc1cn[nH]c1NC(=O)C1CNc2ccccc2C1. The van der Waals surface area contributed by atoms with Crippen LogP contribution >= 0.6 is 0 Å². The van der Waals surface area contributed by atoms with Gasteiger partial charge in [-0.15, -0.1) is 0 Å². The highest BCUT2D eigenvalue weighted by Crippen LogP contribution is 2.25. The van der Waals surface area contributed by atoms with E-state index in [1.54, 1.807) is 6.20 Å². The monoisotopic (exact) mass is 270 g/mol. The topological polar surface area (TPSA) is 69.8 Å². The molecule has 1 unspecified atom stereocenters. The number of anilines is 2. The molecule has 0 spiro atoms. The lowest BCUT2D eigenvalue weighted by Crippen LogP contribution is -2.34. The van der Waals surface area contributed by atoms with Crippen molar-refractivity contribution in [1.29, 1.82) is 0 Å². The number of rotatable bonds is 3. The molecule has 0 aliphatic carbocycles. The Hall–Kier alpha value is -2.30. The minimum atomic E-state index is -0.0575. The van der Waals surface area contributed by atoms with Crippen LogP contribution in [-0.4, -0.2) is 22.6 Å². The van der Waals surface area contributed by atoms with Crippen LogP contribution in [0.1, 0.15) is 18.1 Å². The number of H-pyrrole nitrogens is 1. The predicted molar refractivity (Wildman–Crippen MR) is 78.7 cm³/mol. The van der Waals surface area contributed by atoms with Crippen LogP contribution in [0, 0.1) is 5.92 Å². The maximum Gasteiger partial charge on any atom is 0.230 e. The highest BCUT2D eigenvalue weighted by molar-refractivity contribution is 5.93. The van der Waals surface area contributed by atoms with Crippen molar-refractivity contribution < 1.29 is 4.79 Å². The van der Waals surface area contributed by atoms with Crippen molar-refractivity contribution in [2.24, 2.45) is 5.92 Å². The summed E-state index contributed by atoms with van der Waals surface area (Å²) < 4.78 is 0. The first kappa shape index (κ1) is 12.7. The Labute approximate surface area is 117 Å². The van der Waals surface area contributed by atoms with Crippen LogP contribution < -0.4 is 10.6 Å². The second-order valence-corrected chi connectivity index (χ2v) is 5.05. The van der Waals surface area contributed by atoms with Gasteiger partial charge in [-0.1, -0.05) is 25.1 Å². The first-order valence-electron chi connectivity index (χ1n) is 6.92. The van der Waals surface area contributed by atoms with E-state index in [1.807, 2.05) is 25.1 Å². The van der Waals surface area contributed by atoms with Gasteiger partial charge in [0, 0.05) is 17.8 Å². The predicted octanol–water partition coefficient (Wildman–Crippen LogP) is 2.19. The van der Waals surface area contributed by atoms with Crippen LogP contribution in [0.2, 0.25) is 0 Å². The van der Waals surface area contributed by atoms with E-state index in [1.165, 1.54) is 5.56 Å². The minimum absolute atomic E-state index is 0.0333. The zero-order valence-corrected chi connectivity index (χ0v) is 11.4. The second kappa shape index (κ2) is 5.36. The highest BCUT2D eigenvalue weighted by Gasteiger charge is 2.24. The molecule has 2 aromatic rings. The molecule has 5 heteroatoms. The number of aryl methyl sites for hydroxylation is 1. The fraction of sp³-hybridized carbons (Fsp3) is 0.333. The molecule has 1 aromatic heterocycles. The summed E-state index contributed by atoms with van der Waals surface area (Å²) in [5.74, 6) is 0.695. The lowest BCUT2D eigenvalue weighted by atomic mass is 9.93. The molecule has 0 fully saturated rings. The van der Waals surface area contributed by atoms with Gasteiger partial charge in [0.1, 0.15) is 5.82 Å². The number of fused-ring (bicyclic) bond motifs is 1. The third-order valence-electron chi connectivity index (χ3n) is 3.74. The van der Waals surface area contributed by atoms with Crippen LogP contribution in [0.4, 0.5) is 11.5 Å². The third kappa shape index (κ3) is 2.39. The summed E-state index contributed by atoms with van der Waals surface area (Å²) in [6.45, 7) is 2.71. The molecule has 104 valence electrons. The van der Waals surface area contributed by atoms with Crippen LogP contribution in [-0.2, 0) is 17.6 Å². The molecule has 2 heterocycles. The normalized spacial score (nSPS) is 17.1. The minimum Gasteiger partial charge on any atom is -0.384 e. The molecular formula is C15H18N4O. The summed E-state index contributed by atoms with van der Waals surface area (Å²) >= 11 is 0. The van der Waals surface area contributed by atoms with E-state index in [-0.39, 0.29) is 11.8 Å². The summed E-state index contributed by atoms with van der Waals surface area (Å²) in [5.41, 5.74) is 3.36. The molecule has 0 bridgehead atoms. The number of hydrogen-bond acceptors (Lipinski definition) is 3. The number of benzene rings is 1. The maximum atomic E-state index is 12.3. The summed E-state index contributed by atoms with van der Waals surface area (Å²) in [6.07, 6.45) is 3.37. The Balaban J connectivity index is 1.70. The van der Waals surface area contributed by atoms with Gasteiger partial charge in [0.05, 0.1) is 12.1 Å². The van der Waals surface area contributed by atoms with Crippen molar-refractivity contribution >= 4 is 17.4 Å².